The molecule has 8 heteroatoms. The van der Waals surface area contributed by atoms with Gasteiger partial charge >= 0.3 is 0 Å². The van der Waals surface area contributed by atoms with Gasteiger partial charge in [-0.3, -0.25) is 9.59 Å². The highest BCUT2D eigenvalue weighted by Gasteiger charge is 2.43. The van der Waals surface area contributed by atoms with Crippen LogP contribution >= 0.6 is 0 Å². The third kappa shape index (κ3) is 3.23. The molecular formula is C18H25N3O4S. The second-order valence-corrected chi connectivity index (χ2v) is 9.44. The number of nitrogens with zero attached hydrogens (tertiary/aromatic N) is 1. The highest BCUT2D eigenvalue weighted by molar-refractivity contribution is 7.90. The summed E-state index contributed by atoms with van der Waals surface area (Å²) >= 11 is 0. The van der Waals surface area contributed by atoms with Gasteiger partial charge < -0.3 is 10.6 Å². The van der Waals surface area contributed by atoms with Gasteiger partial charge in [-0.05, 0) is 63.4 Å². The van der Waals surface area contributed by atoms with Crippen molar-refractivity contribution in [1.29, 1.82) is 0 Å². The smallest absolute Gasteiger partial charge is 0.269 e. The molecule has 0 aliphatic carbocycles. The van der Waals surface area contributed by atoms with Crippen LogP contribution in [0.15, 0.2) is 23.1 Å². The number of hydrogen-bond acceptors (Lipinski definition) is 5. The van der Waals surface area contributed by atoms with Crippen molar-refractivity contribution in [3.8, 4) is 0 Å². The molecule has 142 valence electrons. The van der Waals surface area contributed by atoms with E-state index in [1.165, 1.54) is 18.2 Å². The maximum absolute atomic E-state index is 12.6. The van der Waals surface area contributed by atoms with Gasteiger partial charge in [-0.15, -0.1) is 0 Å². The summed E-state index contributed by atoms with van der Waals surface area (Å²) in [6, 6.07) is 3.77. The highest BCUT2D eigenvalue weighted by Crippen LogP contribution is 2.32. The van der Waals surface area contributed by atoms with E-state index in [9.17, 15) is 18.0 Å². The third-order valence-corrected chi connectivity index (χ3v) is 7.17. The Morgan fingerprint density at radius 2 is 1.96 bits per heavy atom. The molecule has 0 radical (unpaired) electrons. The topological polar surface area (TPSA) is 95.6 Å². The summed E-state index contributed by atoms with van der Waals surface area (Å²) in [7, 11) is -3.90. The predicted octanol–water partition coefficient (Wildman–Crippen LogP) is 1.36. The van der Waals surface area contributed by atoms with E-state index < -0.39 is 22.0 Å². The summed E-state index contributed by atoms with van der Waals surface area (Å²) in [6.45, 7) is 7.82. The number of sulfonamides is 1. The molecule has 2 heterocycles. The van der Waals surface area contributed by atoms with Gasteiger partial charge in [0.2, 0.25) is 0 Å². The Hall–Kier alpha value is -1.93. The van der Waals surface area contributed by atoms with E-state index in [1.807, 2.05) is 0 Å². The molecule has 26 heavy (non-hydrogen) atoms. The van der Waals surface area contributed by atoms with Crippen molar-refractivity contribution < 1.29 is 18.0 Å². The van der Waals surface area contributed by atoms with Gasteiger partial charge in [0.15, 0.2) is 0 Å². The Morgan fingerprint density at radius 1 is 1.31 bits per heavy atom. The van der Waals surface area contributed by atoms with Crippen LogP contribution in [-0.2, 0) is 10.0 Å². The lowest BCUT2D eigenvalue weighted by atomic mass is 9.81. The second kappa shape index (κ2) is 6.66. The van der Waals surface area contributed by atoms with Gasteiger partial charge in [0, 0.05) is 18.2 Å². The number of hydrogen-bond donors (Lipinski definition) is 2. The zero-order valence-electron chi connectivity index (χ0n) is 15.3. The fourth-order valence-corrected chi connectivity index (χ4v) is 5.30. The van der Waals surface area contributed by atoms with Crippen molar-refractivity contribution in [2.75, 3.05) is 19.6 Å². The zero-order chi connectivity index (χ0) is 19.1. The Morgan fingerprint density at radius 3 is 2.58 bits per heavy atom. The number of rotatable bonds is 4. The first-order valence-corrected chi connectivity index (χ1v) is 10.3. The van der Waals surface area contributed by atoms with Gasteiger partial charge in [0.05, 0.1) is 5.56 Å². The molecule has 2 amide bonds. The number of carbonyl (C=O) groups is 2. The summed E-state index contributed by atoms with van der Waals surface area (Å²) in [5, 5.41) is 6.21. The molecule has 7 nitrogen and oxygen atoms in total. The average Bonchev–Trinajstić information content (AvgIpc) is 2.79. The number of fused-ring (bicyclic) bond motifs is 1. The number of nitrogens with one attached hydrogen (secondary N) is 2. The largest absolute Gasteiger partial charge is 0.351 e. The van der Waals surface area contributed by atoms with E-state index in [2.05, 4.69) is 17.6 Å². The van der Waals surface area contributed by atoms with Gasteiger partial charge in [-0.1, -0.05) is 6.92 Å². The summed E-state index contributed by atoms with van der Waals surface area (Å²) in [6.07, 6.45) is 1.95. The molecule has 3 rings (SSSR count). The third-order valence-electron chi connectivity index (χ3n) is 5.17. The molecule has 1 fully saturated rings. The van der Waals surface area contributed by atoms with Crippen LogP contribution in [0.3, 0.4) is 0 Å². The number of carbonyl (C=O) groups excluding carboxylic acids is 2. The minimum atomic E-state index is -3.90. The molecule has 2 N–H and O–H groups in total. The minimum Gasteiger partial charge on any atom is -0.351 e. The lowest BCUT2D eigenvalue weighted by molar-refractivity contribution is 0.0845. The first-order valence-electron chi connectivity index (χ1n) is 8.87. The first-order chi connectivity index (χ1) is 12.2. The molecule has 0 unspecified atom stereocenters. The van der Waals surface area contributed by atoms with Crippen molar-refractivity contribution in [2.45, 2.75) is 44.6 Å². The molecule has 0 saturated carbocycles. The molecule has 0 atom stereocenters. The molecule has 2 aliphatic heterocycles. The Labute approximate surface area is 154 Å². The molecule has 0 spiro atoms. The summed E-state index contributed by atoms with van der Waals surface area (Å²) in [5.74, 6) is -0.859. The molecule has 0 bridgehead atoms. The highest BCUT2D eigenvalue weighted by atomic mass is 32.2. The molecule has 1 aromatic carbocycles. The molecule has 1 aromatic rings. The van der Waals surface area contributed by atoms with E-state index in [-0.39, 0.29) is 27.3 Å². The van der Waals surface area contributed by atoms with E-state index >= 15 is 0 Å². The van der Waals surface area contributed by atoms with E-state index in [0.717, 1.165) is 30.2 Å². The summed E-state index contributed by atoms with van der Waals surface area (Å²) < 4.78 is 26.1. The zero-order valence-corrected chi connectivity index (χ0v) is 16.1. The van der Waals surface area contributed by atoms with Crippen molar-refractivity contribution >= 4 is 21.8 Å². The van der Waals surface area contributed by atoms with Gasteiger partial charge in [-0.2, -0.15) is 0 Å². The van der Waals surface area contributed by atoms with E-state index in [0.29, 0.717) is 6.54 Å². The van der Waals surface area contributed by atoms with Gasteiger partial charge in [0.25, 0.3) is 21.8 Å². The minimum absolute atomic E-state index is 0.0358. The van der Waals surface area contributed by atoms with Crippen LogP contribution in [0.25, 0.3) is 0 Å². The normalized spacial score (nSPS) is 20.9. The molecule has 0 aromatic heterocycles. The first kappa shape index (κ1) is 18.8. The van der Waals surface area contributed by atoms with Crippen LogP contribution in [0.5, 0.6) is 0 Å². The lowest BCUT2D eigenvalue weighted by Crippen LogP contribution is -2.42. The average molecular weight is 379 g/mol. The lowest BCUT2D eigenvalue weighted by Gasteiger charge is -2.34. The molecule has 2 aliphatic rings. The molecular weight excluding hydrogens is 354 g/mol. The van der Waals surface area contributed by atoms with Crippen molar-refractivity contribution in [3.63, 3.8) is 0 Å². The Kier molecular flexibility index (Phi) is 4.83. The van der Waals surface area contributed by atoms with Crippen LogP contribution in [0.1, 0.15) is 54.3 Å². The maximum atomic E-state index is 12.6. The number of piperidine rings is 1. The van der Waals surface area contributed by atoms with Crippen LogP contribution in [0.2, 0.25) is 0 Å². The fourth-order valence-electron chi connectivity index (χ4n) is 3.50. The van der Waals surface area contributed by atoms with Crippen LogP contribution in [0.4, 0.5) is 0 Å². The van der Waals surface area contributed by atoms with Crippen LogP contribution in [-0.4, -0.2) is 50.2 Å². The molecule has 1 saturated heterocycles. The van der Waals surface area contributed by atoms with Crippen molar-refractivity contribution in [1.82, 2.24) is 14.9 Å². The van der Waals surface area contributed by atoms with Crippen LogP contribution < -0.4 is 10.6 Å². The van der Waals surface area contributed by atoms with Gasteiger partial charge in [-0.25, -0.2) is 12.7 Å². The summed E-state index contributed by atoms with van der Waals surface area (Å²) in [5.41, 5.74) is 0.414. The van der Waals surface area contributed by atoms with Gasteiger partial charge in [0.1, 0.15) is 4.90 Å². The Balaban J connectivity index is 1.81. The Bertz CT molecular complexity index is 842. The number of amides is 2. The predicted molar refractivity (Wildman–Crippen MR) is 97.5 cm³/mol. The van der Waals surface area contributed by atoms with E-state index in [1.54, 1.807) is 13.8 Å². The van der Waals surface area contributed by atoms with Crippen molar-refractivity contribution in [2.24, 2.45) is 5.41 Å². The number of benzene rings is 1. The SMILES string of the molecule is CC(C)N1C(=O)c2ccc(C(=O)NCC3(C)CCNCC3)cc2S1(=O)=O. The quantitative estimate of drug-likeness (QED) is 0.824. The van der Waals surface area contributed by atoms with Crippen LogP contribution in [0, 0.1) is 5.41 Å². The fraction of sp³-hybridized carbons (Fsp3) is 0.556. The monoisotopic (exact) mass is 379 g/mol. The second-order valence-electron chi connectivity index (χ2n) is 7.65. The standard InChI is InChI=1S/C18H25N3O4S/c1-12(2)21-17(23)14-5-4-13(10-15(14)26(21,24)25)16(22)20-11-18(3)6-8-19-9-7-18/h4-5,10,12,19H,6-9,11H2,1-3H3,(H,20,22). The van der Waals surface area contributed by atoms with Crippen molar-refractivity contribution in [3.05, 3.63) is 29.3 Å². The van der Waals surface area contributed by atoms with E-state index in [4.69, 9.17) is 0 Å². The summed E-state index contributed by atoms with van der Waals surface area (Å²) in [4.78, 5) is 24.8. The maximum Gasteiger partial charge on any atom is 0.269 e.